The van der Waals surface area contributed by atoms with Gasteiger partial charge in [-0.1, -0.05) is 11.6 Å². The van der Waals surface area contributed by atoms with Gasteiger partial charge in [0, 0.05) is 24.3 Å². The summed E-state index contributed by atoms with van der Waals surface area (Å²) >= 11 is 5.89. The number of benzene rings is 2. The predicted octanol–water partition coefficient (Wildman–Crippen LogP) is 4.25. The Balaban J connectivity index is 1.72. The van der Waals surface area contributed by atoms with Gasteiger partial charge in [-0.15, -0.1) is 0 Å². The molecule has 6 heteroatoms. The van der Waals surface area contributed by atoms with Gasteiger partial charge in [-0.05, 0) is 55.3 Å². The summed E-state index contributed by atoms with van der Waals surface area (Å²) in [5, 5.41) is 2.77. The summed E-state index contributed by atoms with van der Waals surface area (Å²) in [7, 11) is 0. The van der Waals surface area contributed by atoms with E-state index in [0.717, 1.165) is 31.1 Å². The van der Waals surface area contributed by atoms with E-state index < -0.39 is 11.7 Å². The lowest BCUT2D eigenvalue weighted by Gasteiger charge is -2.26. The van der Waals surface area contributed by atoms with Gasteiger partial charge in [-0.3, -0.25) is 9.59 Å². The highest BCUT2D eigenvalue weighted by molar-refractivity contribution is 6.34. The lowest BCUT2D eigenvalue weighted by Crippen LogP contribution is -2.35. The van der Waals surface area contributed by atoms with Crippen molar-refractivity contribution in [3.8, 4) is 0 Å². The molecule has 3 rings (SSSR count). The van der Waals surface area contributed by atoms with Gasteiger partial charge < -0.3 is 10.2 Å². The quantitative estimate of drug-likeness (QED) is 0.903. The Morgan fingerprint density at radius 1 is 1.12 bits per heavy atom. The number of halogens is 2. The molecule has 1 aliphatic rings. The molecule has 1 aliphatic heterocycles. The summed E-state index contributed by atoms with van der Waals surface area (Å²) < 4.78 is 13.0. The zero-order valence-electron chi connectivity index (χ0n) is 12.9. The molecule has 1 heterocycles. The first-order chi connectivity index (χ1) is 11.5. The maximum atomic E-state index is 13.0. The van der Waals surface area contributed by atoms with Crippen molar-refractivity contribution in [2.75, 3.05) is 16.8 Å². The number of piperidine rings is 1. The van der Waals surface area contributed by atoms with Crippen molar-refractivity contribution >= 4 is 34.8 Å². The minimum absolute atomic E-state index is 0.0584. The van der Waals surface area contributed by atoms with Gasteiger partial charge in [-0.25, -0.2) is 4.39 Å². The Morgan fingerprint density at radius 2 is 1.88 bits per heavy atom. The molecule has 0 radical (unpaired) electrons. The molecule has 124 valence electrons. The second-order valence-corrected chi connectivity index (χ2v) is 6.03. The minimum Gasteiger partial charge on any atom is -0.322 e. The number of nitrogens with one attached hydrogen (secondary N) is 1. The molecule has 1 fully saturated rings. The number of amides is 2. The van der Waals surface area contributed by atoms with E-state index in [-0.39, 0.29) is 16.5 Å². The van der Waals surface area contributed by atoms with Gasteiger partial charge in [0.1, 0.15) is 5.82 Å². The van der Waals surface area contributed by atoms with Crippen LogP contribution in [-0.4, -0.2) is 18.4 Å². The number of hydrogen-bond donors (Lipinski definition) is 1. The maximum absolute atomic E-state index is 13.0. The van der Waals surface area contributed by atoms with Crippen LogP contribution in [0.3, 0.4) is 0 Å². The molecule has 0 atom stereocenters. The van der Waals surface area contributed by atoms with Crippen LogP contribution in [0.4, 0.5) is 15.8 Å². The van der Waals surface area contributed by atoms with E-state index >= 15 is 0 Å². The predicted molar refractivity (Wildman–Crippen MR) is 92.0 cm³/mol. The van der Waals surface area contributed by atoms with E-state index in [9.17, 15) is 14.0 Å². The summed E-state index contributed by atoms with van der Waals surface area (Å²) in [6, 6.07) is 10.7. The first kappa shape index (κ1) is 16.5. The van der Waals surface area contributed by atoms with Crippen LogP contribution in [0.15, 0.2) is 42.5 Å². The van der Waals surface area contributed by atoms with Crippen molar-refractivity contribution in [3.05, 3.63) is 58.9 Å². The van der Waals surface area contributed by atoms with Crippen LogP contribution >= 0.6 is 11.6 Å². The Kier molecular flexibility index (Phi) is 4.81. The molecule has 0 aromatic heterocycles. The smallest absolute Gasteiger partial charge is 0.257 e. The second-order valence-electron chi connectivity index (χ2n) is 5.63. The fourth-order valence-electron chi connectivity index (χ4n) is 2.68. The zero-order chi connectivity index (χ0) is 17.1. The topological polar surface area (TPSA) is 49.4 Å². The van der Waals surface area contributed by atoms with Gasteiger partial charge in [-0.2, -0.15) is 0 Å². The molecule has 0 bridgehead atoms. The van der Waals surface area contributed by atoms with Gasteiger partial charge in [0.15, 0.2) is 0 Å². The summed E-state index contributed by atoms with van der Waals surface area (Å²) in [5.41, 5.74) is 1.60. The second kappa shape index (κ2) is 7.01. The Bertz CT molecular complexity index is 777. The van der Waals surface area contributed by atoms with E-state index in [2.05, 4.69) is 5.32 Å². The fourth-order valence-corrected chi connectivity index (χ4v) is 2.93. The molecule has 0 spiro atoms. The Labute approximate surface area is 144 Å². The molecule has 0 aliphatic carbocycles. The number of anilines is 2. The van der Waals surface area contributed by atoms with E-state index in [1.54, 1.807) is 29.2 Å². The van der Waals surface area contributed by atoms with Gasteiger partial charge in [0.2, 0.25) is 5.91 Å². The van der Waals surface area contributed by atoms with Gasteiger partial charge in [0.05, 0.1) is 10.6 Å². The monoisotopic (exact) mass is 346 g/mol. The first-order valence-corrected chi connectivity index (χ1v) is 8.09. The largest absolute Gasteiger partial charge is 0.322 e. The lowest BCUT2D eigenvalue weighted by molar-refractivity contribution is -0.119. The molecule has 2 aromatic rings. The lowest BCUT2D eigenvalue weighted by atomic mass is 10.1. The van der Waals surface area contributed by atoms with Gasteiger partial charge >= 0.3 is 0 Å². The summed E-state index contributed by atoms with van der Waals surface area (Å²) in [4.78, 5) is 25.9. The van der Waals surface area contributed by atoms with E-state index in [4.69, 9.17) is 11.6 Å². The van der Waals surface area contributed by atoms with Crippen LogP contribution in [0, 0.1) is 5.82 Å². The highest BCUT2D eigenvalue weighted by atomic mass is 35.5. The molecular weight excluding hydrogens is 331 g/mol. The zero-order valence-corrected chi connectivity index (χ0v) is 13.6. The number of rotatable bonds is 3. The third-order valence-corrected chi connectivity index (χ3v) is 4.25. The molecule has 0 saturated carbocycles. The average Bonchev–Trinajstić information content (AvgIpc) is 2.56. The van der Waals surface area contributed by atoms with Crippen molar-refractivity contribution < 1.29 is 14.0 Å². The van der Waals surface area contributed by atoms with Crippen molar-refractivity contribution in [2.45, 2.75) is 19.3 Å². The van der Waals surface area contributed by atoms with Crippen LogP contribution in [0.2, 0.25) is 5.02 Å². The number of carbonyl (C=O) groups is 2. The SMILES string of the molecule is O=C(Nc1ccc(N2CCCCC2=O)cc1)c1ccc(F)cc1Cl. The number of carbonyl (C=O) groups excluding carboxylic acids is 2. The fraction of sp³-hybridized carbons (Fsp3) is 0.222. The molecule has 1 N–H and O–H groups in total. The average molecular weight is 347 g/mol. The Morgan fingerprint density at radius 3 is 2.54 bits per heavy atom. The summed E-state index contributed by atoms with van der Waals surface area (Å²) in [6.45, 7) is 0.718. The van der Waals surface area contributed by atoms with Crippen LogP contribution in [-0.2, 0) is 4.79 Å². The molecule has 24 heavy (non-hydrogen) atoms. The van der Waals surface area contributed by atoms with Crippen LogP contribution in [0.5, 0.6) is 0 Å². The molecule has 2 aromatic carbocycles. The molecular formula is C18H16ClFN2O2. The standard InChI is InChI=1S/C18H16ClFN2O2/c19-16-11-12(20)4-9-15(16)18(24)21-13-5-7-14(8-6-13)22-10-2-1-3-17(22)23/h4-9,11H,1-3,10H2,(H,21,24). The van der Waals surface area contributed by atoms with Gasteiger partial charge in [0.25, 0.3) is 5.91 Å². The van der Waals surface area contributed by atoms with Crippen molar-refractivity contribution in [3.63, 3.8) is 0 Å². The van der Waals surface area contributed by atoms with Crippen molar-refractivity contribution in [1.82, 2.24) is 0 Å². The van der Waals surface area contributed by atoms with Crippen LogP contribution < -0.4 is 10.2 Å². The van der Waals surface area contributed by atoms with E-state index in [1.807, 2.05) is 0 Å². The number of nitrogens with zero attached hydrogens (tertiary/aromatic N) is 1. The highest BCUT2D eigenvalue weighted by Gasteiger charge is 2.19. The van der Waals surface area contributed by atoms with E-state index in [1.165, 1.54) is 12.1 Å². The summed E-state index contributed by atoms with van der Waals surface area (Å²) in [5.74, 6) is -0.787. The summed E-state index contributed by atoms with van der Waals surface area (Å²) in [6.07, 6.45) is 2.50. The van der Waals surface area contributed by atoms with E-state index in [0.29, 0.717) is 12.1 Å². The molecule has 1 saturated heterocycles. The maximum Gasteiger partial charge on any atom is 0.257 e. The Hall–Kier alpha value is -2.40. The normalized spacial score (nSPS) is 14.6. The molecule has 0 unspecified atom stereocenters. The van der Waals surface area contributed by atoms with Crippen LogP contribution in [0.25, 0.3) is 0 Å². The minimum atomic E-state index is -0.493. The van der Waals surface area contributed by atoms with Crippen LogP contribution in [0.1, 0.15) is 29.6 Å². The third kappa shape index (κ3) is 3.57. The first-order valence-electron chi connectivity index (χ1n) is 7.71. The highest BCUT2D eigenvalue weighted by Crippen LogP contribution is 2.24. The third-order valence-electron chi connectivity index (χ3n) is 3.94. The van der Waals surface area contributed by atoms with Crippen molar-refractivity contribution in [1.29, 1.82) is 0 Å². The van der Waals surface area contributed by atoms with Crippen molar-refractivity contribution in [2.24, 2.45) is 0 Å². The number of hydrogen-bond acceptors (Lipinski definition) is 2. The molecule has 4 nitrogen and oxygen atoms in total. The molecule has 2 amide bonds.